The number of hydrazine groups is 1. The number of nitrogens with one attached hydrogen (secondary N) is 1. The standard InChI is InChI=1S/C19H23F5N4OS/c1-13-16(12-28(26-13)15-3-2-6-25-10-15)27(11-14-9-18(14,20)21)17(29)4-7-30-8-5-19(22,23)24/h2-3,6,10,12-14,26H,4-5,7-9,11H2,1H3. The van der Waals surface area contributed by atoms with E-state index in [0.717, 1.165) is 17.4 Å². The van der Waals surface area contributed by atoms with Gasteiger partial charge in [-0.1, -0.05) is 0 Å². The molecule has 2 aliphatic rings. The third kappa shape index (κ3) is 6.07. The van der Waals surface area contributed by atoms with Gasteiger partial charge in [0, 0.05) is 49.2 Å². The topological polar surface area (TPSA) is 48.5 Å². The minimum Gasteiger partial charge on any atom is -0.312 e. The van der Waals surface area contributed by atoms with Crippen molar-refractivity contribution in [3.05, 3.63) is 36.4 Å². The minimum atomic E-state index is -4.23. The van der Waals surface area contributed by atoms with Crippen molar-refractivity contribution in [3.8, 4) is 0 Å². The molecular formula is C19H23F5N4OS. The first-order valence-electron chi connectivity index (χ1n) is 9.56. The average molecular weight is 450 g/mol. The largest absolute Gasteiger partial charge is 0.389 e. The number of halogens is 5. The normalized spacial score (nSPS) is 22.7. The molecule has 1 aromatic rings. The lowest BCUT2D eigenvalue weighted by atomic mass is 10.2. The van der Waals surface area contributed by atoms with Crippen LogP contribution in [0.5, 0.6) is 0 Å². The van der Waals surface area contributed by atoms with Crippen molar-refractivity contribution in [2.24, 2.45) is 5.92 Å². The maximum Gasteiger partial charge on any atom is 0.389 e. The molecule has 1 fully saturated rings. The Bertz CT molecular complexity index is 774. The minimum absolute atomic E-state index is 0.0161. The highest BCUT2D eigenvalue weighted by atomic mass is 32.2. The van der Waals surface area contributed by atoms with E-state index in [1.165, 1.54) is 4.90 Å². The highest BCUT2D eigenvalue weighted by molar-refractivity contribution is 7.99. The third-order valence-electron chi connectivity index (χ3n) is 4.92. The number of amides is 1. The predicted molar refractivity (Wildman–Crippen MR) is 105 cm³/mol. The Balaban J connectivity index is 1.65. The molecular weight excluding hydrogens is 427 g/mol. The first-order valence-corrected chi connectivity index (χ1v) is 10.7. The third-order valence-corrected chi connectivity index (χ3v) is 5.91. The number of carbonyl (C=O) groups is 1. The lowest BCUT2D eigenvalue weighted by Crippen LogP contribution is -2.40. The first kappa shape index (κ1) is 22.8. The molecule has 1 aliphatic heterocycles. The molecule has 3 rings (SSSR count). The SMILES string of the molecule is CC1NN(c2cccnc2)C=C1N(CC1CC1(F)F)C(=O)CCSCCC(F)(F)F. The number of hydrogen-bond donors (Lipinski definition) is 1. The molecule has 1 aromatic heterocycles. The van der Waals surface area contributed by atoms with Crippen LogP contribution >= 0.6 is 11.8 Å². The van der Waals surface area contributed by atoms with Gasteiger partial charge in [0.2, 0.25) is 5.91 Å². The van der Waals surface area contributed by atoms with Gasteiger partial charge in [0.25, 0.3) is 5.92 Å². The Hall–Kier alpha value is -1.88. The number of rotatable bonds is 9. The zero-order valence-corrected chi connectivity index (χ0v) is 17.1. The number of alkyl halides is 5. The number of carbonyl (C=O) groups excluding carboxylic acids is 1. The molecule has 2 heterocycles. The van der Waals surface area contributed by atoms with Crippen molar-refractivity contribution in [2.45, 2.75) is 44.3 Å². The molecule has 1 saturated carbocycles. The van der Waals surface area contributed by atoms with Crippen LogP contribution in [0.15, 0.2) is 36.4 Å². The van der Waals surface area contributed by atoms with Gasteiger partial charge in [0.15, 0.2) is 0 Å². The molecule has 1 aliphatic carbocycles. The molecule has 0 aromatic carbocycles. The number of aromatic nitrogens is 1. The van der Waals surface area contributed by atoms with E-state index >= 15 is 0 Å². The van der Waals surface area contributed by atoms with Crippen LogP contribution in [0.2, 0.25) is 0 Å². The summed E-state index contributed by atoms with van der Waals surface area (Å²) < 4.78 is 63.7. The summed E-state index contributed by atoms with van der Waals surface area (Å²) in [5.74, 6) is -3.98. The number of hydrogen-bond acceptors (Lipinski definition) is 5. The second kappa shape index (κ2) is 9.09. The first-order chi connectivity index (χ1) is 14.1. The highest BCUT2D eigenvalue weighted by Gasteiger charge is 2.57. The van der Waals surface area contributed by atoms with Gasteiger partial charge in [0.1, 0.15) is 0 Å². The number of nitrogens with zero attached hydrogens (tertiary/aromatic N) is 3. The molecule has 5 nitrogen and oxygen atoms in total. The van der Waals surface area contributed by atoms with Crippen molar-refractivity contribution in [1.29, 1.82) is 0 Å². The lowest BCUT2D eigenvalue weighted by Gasteiger charge is -2.26. The molecule has 30 heavy (non-hydrogen) atoms. The van der Waals surface area contributed by atoms with Gasteiger partial charge in [-0.3, -0.25) is 14.8 Å². The van der Waals surface area contributed by atoms with E-state index in [1.807, 2.05) is 13.0 Å². The molecule has 2 atom stereocenters. The van der Waals surface area contributed by atoms with Crippen LogP contribution in [0.4, 0.5) is 27.6 Å². The molecule has 1 N–H and O–H groups in total. The second-order valence-electron chi connectivity index (χ2n) is 7.38. The van der Waals surface area contributed by atoms with E-state index in [4.69, 9.17) is 0 Å². The second-order valence-corrected chi connectivity index (χ2v) is 8.60. The maximum absolute atomic E-state index is 13.5. The number of pyridine rings is 1. The summed E-state index contributed by atoms with van der Waals surface area (Å²) >= 11 is 1.03. The summed E-state index contributed by atoms with van der Waals surface area (Å²) in [7, 11) is 0. The van der Waals surface area contributed by atoms with Crippen LogP contribution in [-0.4, -0.2) is 52.0 Å². The highest BCUT2D eigenvalue weighted by Crippen LogP contribution is 2.49. The summed E-state index contributed by atoms with van der Waals surface area (Å²) in [6, 6.07) is 3.25. The van der Waals surface area contributed by atoms with Gasteiger partial charge < -0.3 is 4.90 Å². The zero-order valence-electron chi connectivity index (χ0n) is 16.3. The van der Waals surface area contributed by atoms with Gasteiger partial charge in [-0.05, 0) is 19.1 Å². The molecule has 166 valence electrons. The van der Waals surface area contributed by atoms with Gasteiger partial charge in [0.05, 0.1) is 30.0 Å². The van der Waals surface area contributed by atoms with Crippen molar-refractivity contribution >= 4 is 23.4 Å². The summed E-state index contributed by atoms with van der Waals surface area (Å²) in [4.78, 5) is 18.2. The van der Waals surface area contributed by atoms with Crippen LogP contribution in [0.1, 0.15) is 26.2 Å². The lowest BCUT2D eigenvalue weighted by molar-refractivity contribution is -0.130. The van der Waals surface area contributed by atoms with E-state index in [2.05, 4.69) is 10.4 Å². The fourth-order valence-corrected chi connectivity index (χ4v) is 4.03. The van der Waals surface area contributed by atoms with Crippen LogP contribution in [0.25, 0.3) is 0 Å². The molecule has 0 spiro atoms. The summed E-state index contributed by atoms with van der Waals surface area (Å²) in [5, 5.41) is 1.68. The molecule has 2 unspecified atom stereocenters. The monoisotopic (exact) mass is 450 g/mol. The van der Waals surface area contributed by atoms with Gasteiger partial charge in [-0.25, -0.2) is 14.2 Å². The van der Waals surface area contributed by atoms with E-state index in [0.29, 0.717) is 5.70 Å². The van der Waals surface area contributed by atoms with Crippen molar-refractivity contribution < 1.29 is 26.7 Å². The number of anilines is 1. The molecule has 1 amide bonds. The van der Waals surface area contributed by atoms with Crippen molar-refractivity contribution in [3.63, 3.8) is 0 Å². The van der Waals surface area contributed by atoms with Gasteiger partial charge in [-0.2, -0.15) is 24.9 Å². The van der Waals surface area contributed by atoms with E-state index in [1.54, 1.807) is 29.7 Å². The maximum atomic E-state index is 13.5. The van der Waals surface area contributed by atoms with E-state index in [-0.39, 0.29) is 42.8 Å². The Morgan fingerprint density at radius 2 is 2.13 bits per heavy atom. The summed E-state index contributed by atoms with van der Waals surface area (Å²) in [6.45, 7) is 1.70. The average Bonchev–Trinajstić information content (AvgIpc) is 3.09. The van der Waals surface area contributed by atoms with Gasteiger partial charge >= 0.3 is 6.18 Å². The van der Waals surface area contributed by atoms with Crippen LogP contribution in [0.3, 0.4) is 0 Å². The zero-order chi connectivity index (χ0) is 21.9. The van der Waals surface area contributed by atoms with E-state index in [9.17, 15) is 26.7 Å². The fraction of sp³-hybridized carbons (Fsp3) is 0.579. The summed E-state index contributed by atoms with van der Waals surface area (Å²) in [6.07, 6.45) is -0.512. The smallest absolute Gasteiger partial charge is 0.312 e. The van der Waals surface area contributed by atoms with Crippen LogP contribution in [0, 0.1) is 5.92 Å². The van der Waals surface area contributed by atoms with E-state index < -0.39 is 24.4 Å². The Labute approximate surface area is 175 Å². The Morgan fingerprint density at radius 3 is 2.73 bits per heavy atom. The summed E-state index contributed by atoms with van der Waals surface area (Å²) in [5.41, 5.74) is 4.43. The molecule has 11 heteroatoms. The van der Waals surface area contributed by atoms with Gasteiger partial charge in [-0.15, -0.1) is 0 Å². The quantitative estimate of drug-likeness (QED) is 0.452. The Kier molecular flexibility index (Phi) is 6.91. The van der Waals surface area contributed by atoms with Crippen molar-refractivity contribution in [2.75, 3.05) is 23.1 Å². The predicted octanol–water partition coefficient (Wildman–Crippen LogP) is 4.20. The molecule has 0 saturated heterocycles. The van der Waals surface area contributed by atoms with Crippen molar-refractivity contribution in [1.82, 2.24) is 15.3 Å². The Morgan fingerprint density at radius 1 is 1.40 bits per heavy atom. The fourth-order valence-electron chi connectivity index (χ4n) is 3.13. The number of thioether (sulfide) groups is 1. The molecule has 0 radical (unpaired) electrons. The van der Waals surface area contributed by atoms with Crippen LogP contribution < -0.4 is 10.4 Å². The van der Waals surface area contributed by atoms with Crippen LogP contribution in [-0.2, 0) is 4.79 Å². The molecule has 0 bridgehead atoms.